The van der Waals surface area contributed by atoms with E-state index in [0.29, 0.717) is 5.92 Å². The molecule has 0 aliphatic carbocycles. The summed E-state index contributed by atoms with van der Waals surface area (Å²) in [6.07, 6.45) is 3.54. The van der Waals surface area contributed by atoms with Gasteiger partial charge in [-0.15, -0.1) is 0 Å². The first kappa shape index (κ1) is 12.3. The molecule has 0 saturated heterocycles. The molecule has 19 heavy (non-hydrogen) atoms. The highest BCUT2D eigenvalue weighted by Crippen LogP contribution is 2.25. The van der Waals surface area contributed by atoms with Crippen LogP contribution >= 0.6 is 0 Å². The molecule has 2 aromatic carbocycles. The molecule has 0 radical (unpaired) electrons. The largest absolute Gasteiger partial charge is 0.234 e. The van der Waals surface area contributed by atoms with E-state index >= 15 is 0 Å². The van der Waals surface area contributed by atoms with Crippen molar-refractivity contribution < 1.29 is 0 Å². The summed E-state index contributed by atoms with van der Waals surface area (Å²) in [5, 5.41) is 0. The molecular weight excluding hydrogens is 248 g/mol. The third-order valence-electron chi connectivity index (χ3n) is 3.33. The predicted octanol–water partition coefficient (Wildman–Crippen LogP) is 4.37. The molecule has 1 aliphatic rings. The molecular formula is C18H17S+. The summed E-state index contributed by atoms with van der Waals surface area (Å²) in [4.78, 5) is 2.87. The van der Waals surface area contributed by atoms with Crippen molar-refractivity contribution in [1.29, 1.82) is 0 Å². The van der Waals surface area contributed by atoms with Crippen LogP contribution in [-0.2, 0) is 11.4 Å². The Kier molecular flexibility index (Phi) is 3.56. The summed E-state index contributed by atoms with van der Waals surface area (Å²) >= 11 is 1.92. The van der Waals surface area contributed by atoms with Crippen LogP contribution in [0.5, 0.6) is 0 Å². The van der Waals surface area contributed by atoms with Crippen LogP contribution < -0.4 is 0 Å². The lowest BCUT2D eigenvalue weighted by Gasteiger charge is -2.09. The number of benzene rings is 2. The Morgan fingerprint density at radius 3 is 2.05 bits per heavy atom. The number of hydrogen-bond acceptors (Lipinski definition) is 0. The Labute approximate surface area is 118 Å². The standard InChI is InChI=1S/C18H17S/c1-14-12-17(15-8-4-2-5-9-15)19-18(13-14)16-10-6-3-7-11-16/h2-12,14H,13H2,1H3/q+1. The molecule has 1 atom stereocenters. The van der Waals surface area contributed by atoms with Gasteiger partial charge >= 0.3 is 0 Å². The van der Waals surface area contributed by atoms with Crippen LogP contribution in [0.15, 0.2) is 66.7 Å². The molecule has 2 aromatic rings. The van der Waals surface area contributed by atoms with Gasteiger partial charge in [0.1, 0.15) is 0 Å². The maximum Gasteiger partial charge on any atom is 0.234 e. The fourth-order valence-corrected chi connectivity index (χ4v) is 3.80. The lowest BCUT2D eigenvalue weighted by Crippen LogP contribution is -2.12. The van der Waals surface area contributed by atoms with Crippen LogP contribution in [0.2, 0.25) is 0 Å². The molecule has 94 valence electrons. The summed E-state index contributed by atoms with van der Waals surface area (Å²) in [5.74, 6) is 0.603. The van der Waals surface area contributed by atoms with E-state index in [0.717, 1.165) is 6.42 Å². The van der Waals surface area contributed by atoms with Crippen molar-refractivity contribution in [1.82, 2.24) is 0 Å². The van der Waals surface area contributed by atoms with Gasteiger partial charge in [0.05, 0.1) is 0 Å². The van der Waals surface area contributed by atoms with E-state index in [9.17, 15) is 0 Å². The van der Waals surface area contributed by atoms with Crippen molar-refractivity contribution in [3.63, 3.8) is 0 Å². The minimum absolute atomic E-state index is 0.603. The zero-order valence-corrected chi connectivity index (χ0v) is 11.9. The second-order valence-electron chi connectivity index (χ2n) is 4.97. The van der Waals surface area contributed by atoms with Gasteiger partial charge in [-0.25, -0.2) is 0 Å². The van der Waals surface area contributed by atoms with Gasteiger partial charge in [0.2, 0.25) is 21.1 Å². The fourth-order valence-electron chi connectivity index (χ4n) is 2.38. The minimum Gasteiger partial charge on any atom is -0.0622 e. The summed E-state index contributed by atoms with van der Waals surface area (Å²) in [6, 6.07) is 21.4. The van der Waals surface area contributed by atoms with Crippen LogP contribution in [0.25, 0.3) is 4.91 Å². The van der Waals surface area contributed by atoms with E-state index in [1.807, 2.05) is 11.4 Å². The van der Waals surface area contributed by atoms with E-state index in [1.54, 1.807) is 0 Å². The summed E-state index contributed by atoms with van der Waals surface area (Å²) in [6.45, 7) is 2.30. The zero-order valence-electron chi connectivity index (χ0n) is 11.0. The average molecular weight is 265 g/mol. The van der Waals surface area contributed by atoms with Crippen molar-refractivity contribution in [2.24, 2.45) is 5.92 Å². The van der Waals surface area contributed by atoms with Gasteiger partial charge in [0, 0.05) is 17.5 Å². The highest BCUT2D eigenvalue weighted by atomic mass is 32.1. The third-order valence-corrected chi connectivity index (χ3v) is 4.57. The van der Waals surface area contributed by atoms with Gasteiger partial charge in [-0.3, -0.25) is 0 Å². The van der Waals surface area contributed by atoms with Crippen LogP contribution in [-0.4, -0.2) is 4.86 Å². The molecule has 1 aliphatic heterocycles. The third kappa shape index (κ3) is 2.82. The lowest BCUT2D eigenvalue weighted by molar-refractivity contribution is 0.776. The van der Waals surface area contributed by atoms with E-state index in [-0.39, 0.29) is 0 Å². The van der Waals surface area contributed by atoms with Crippen LogP contribution in [0, 0.1) is 5.92 Å². The molecule has 1 heterocycles. The lowest BCUT2D eigenvalue weighted by atomic mass is 9.99. The topological polar surface area (TPSA) is 0 Å². The highest BCUT2D eigenvalue weighted by molar-refractivity contribution is 7.88. The summed E-state index contributed by atoms with van der Waals surface area (Å²) in [7, 11) is 0. The second-order valence-corrected chi connectivity index (χ2v) is 6.11. The Morgan fingerprint density at radius 2 is 1.42 bits per heavy atom. The smallest absolute Gasteiger partial charge is 0.0622 e. The van der Waals surface area contributed by atoms with Crippen LogP contribution in [0.4, 0.5) is 0 Å². The Hall–Kier alpha value is -1.73. The fraction of sp³-hybridized carbons (Fsp3) is 0.167. The molecule has 1 unspecified atom stereocenters. The molecule has 3 rings (SSSR count). The second kappa shape index (κ2) is 5.50. The van der Waals surface area contributed by atoms with E-state index in [4.69, 9.17) is 0 Å². The molecule has 0 fully saturated rings. The first-order valence-electron chi connectivity index (χ1n) is 6.69. The average Bonchev–Trinajstić information content (AvgIpc) is 2.48. The van der Waals surface area contributed by atoms with Crippen molar-refractivity contribution >= 4 is 21.1 Å². The molecule has 0 aromatic heterocycles. The maximum absolute atomic E-state index is 2.40. The van der Waals surface area contributed by atoms with Gasteiger partial charge < -0.3 is 0 Å². The number of allylic oxidation sites excluding steroid dienone is 1. The number of rotatable bonds is 2. The minimum atomic E-state index is 0.603. The Morgan fingerprint density at radius 1 is 0.842 bits per heavy atom. The van der Waals surface area contributed by atoms with Crippen LogP contribution in [0.3, 0.4) is 0 Å². The van der Waals surface area contributed by atoms with Crippen LogP contribution in [0.1, 0.15) is 24.5 Å². The normalized spacial score (nSPS) is 18.7. The van der Waals surface area contributed by atoms with E-state index in [2.05, 4.69) is 73.7 Å². The van der Waals surface area contributed by atoms with Gasteiger partial charge in [-0.05, 0) is 36.3 Å². The monoisotopic (exact) mass is 265 g/mol. The SMILES string of the molecule is CC1C=C(c2ccccc2)[S+]=C(c2ccccc2)C1. The Bertz CT molecular complexity index is 609. The van der Waals surface area contributed by atoms with Crippen molar-refractivity contribution in [3.05, 3.63) is 77.9 Å². The predicted molar refractivity (Wildman–Crippen MR) is 86.1 cm³/mol. The van der Waals surface area contributed by atoms with Gasteiger partial charge in [-0.2, -0.15) is 0 Å². The van der Waals surface area contributed by atoms with Gasteiger partial charge in [-0.1, -0.05) is 43.3 Å². The van der Waals surface area contributed by atoms with Crippen molar-refractivity contribution in [2.75, 3.05) is 0 Å². The van der Waals surface area contributed by atoms with E-state index in [1.165, 1.54) is 20.9 Å². The summed E-state index contributed by atoms with van der Waals surface area (Å²) < 4.78 is 0. The molecule has 0 nitrogen and oxygen atoms in total. The molecule has 0 spiro atoms. The first-order valence-corrected chi connectivity index (χ1v) is 7.51. The van der Waals surface area contributed by atoms with Crippen molar-refractivity contribution in [3.8, 4) is 0 Å². The molecule has 0 amide bonds. The van der Waals surface area contributed by atoms with Gasteiger partial charge in [0.25, 0.3) is 0 Å². The molecule has 1 heteroatoms. The zero-order chi connectivity index (χ0) is 13.1. The molecule has 0 N–H and O–H groups in total. The quantitative estimate of drug-likeness (QED) is 0.558. The molecule has 0 saturated carbocycles. The maximum atomic E-state index is 2.40. The number of hydrogen-bond donors (Lipinski definition) is 0. The molecule has 0 bridgehead atoms. The van der Waals surface area contributed by atoms with E-state index < -0.39 is 0 Å². The summed E-state index contributed by atoms with van der Waals surface area (Å²) in [5.41, 5.74) is 2.69. The highest BCUT2D eigenvalue weighted by Gasteiger charge is 2.26. The Balaban J connectivity index is 2.00. The van der Waals surface area contributed by atoms with Crippen molar-refractivity contribution in [2.45, 2.75) is 13.3 Å². The van der Waals surface area contributed by atoms with Gasteiger partial charge in [0.15, 0.2) is 0 Å². The first-order chi connectivity index (χ1) is 9.33.